The quantitative estimate of drug-likeness (QED) is 0.355. The van der Waals surface area contributed by atoms with Gasteiger partial charge < -0.3 is 15.2 Å². The lowest BCUT2D eigenvalue weighted by atomic mass is 10.1. The first-order chi connectivity index (χ1) is 13.6. The van der Waals surface area contributed by atoms with Crippen LogP contribution in [0.5, 0.6) is 0 Å². The van der Waals surface area contributed by atoms with Crippen LogP contribution >= 0.6 is 0 Å². The van der Waals surface area contributed by atoms with Crippen molar-refractivity contribution < 1.29 is 9.84 Å². The predicted molar refractivity (Wildman–Crippen MR) is 116 cm³/mol. The van der Waals surface area contributed by atoms with Gasteiger partial charge in [-0.25, -0.2) is 0 Å². The molecule has 150 valence electrons. The Morgan fingerprint density at radius 1 is 1.32 bits per heavy atom. The first kappa shape index (κ1) is 21.6. The Bertz CT molecular complexity index is 837. The van der Waals surface area contributed by atoms with Crippen molar-refractivity contribution in [3.05, 3.63) is 66.3 Å². The van der Waals surface area contributed by atoms with E-state index in [4.69, 9.17) is 9.73 Å². The fourth-order valence-electron chi connectivity index (χ4n) is 2.95. The van der Waals surface area contributed by atoms with E-state index in [0.29, 0.717) is 24.6 Å². The molecule has 0 aliphatic rings. The number of nitrogens with one attached hydrogen (secondary N) is 1. The SMILES string of the molecule is C=C(C)NC(=N[C@@H](CCC)CCO)/C(=C\C)OCc1cc2ccccc2cn1. The van der Waals surface area contributed by atoms with E-state index in [1.807, 2.05) is 50.4 Å². The van der Waals surface area contributed by atoms with Gasteiger partial charge in [0.2, 0.25) is 0 Å². The number of aliphatic hydroxyl groups excluding tert-OH is 1. The number of hydrogen-bond acceptors (Lipinski definition) is 4. The second-order valence-electron chi connectivity index (χ2n) is 6.80. The second-order valence-corrected chi connectivity index (χ2v) is 6.80. The fraction of sp³-hybridized carbons (Fsp3) is 0.391. The molecule has 1 atom stereocenters. The molecule has 5 nitrogen and oxygen atoms in total. The van der Waals surface area contributed by atoms with E-state index >= 15 is 0 Å². The summed E-state index contributed by atoms with van der Waals surface area (Å²) in [5.41, 5.74) is 1.64. The average Bonchev–Trinajstić information content (AvgIpc) is 2.68. The van der Waals surface area contributed by atoms with Gasteiger partial charge >= 0.3 is 0 Å². The zero-order chi connectivity index (χ0) is 20.4. The van der Waals surface area contributed by atoms with Crippen LogP contribution in [0, 0.1) is 0 Å². The summed E-state index contributed by atoms with van der Waals surface area (Å²) < 4.78 is 6.05. The van der Waals surface area contributed by atoms with Crippen molar-refractivity contribution in [1.82, 2.24) is 10.3 Å². The number of pyridine rings is 1. The summed E-state index contributed by atoms with van der Waals surface area (Å²) in [5.74, 6) is 1.29. The summed E-state index contributed by atoms with van der Waals surface area (Å²) in [5, 5.41) is 14.8. The lowest BCUT2D eigenvalue weighted by molar-refractivity contribution is 0.212. The van der Waals surface area contributed by atoms with Crippen LogP contribution in [0.15, 0.2) is 65.6 Å². The summed E-state index contributed by atoms with van der Waals surface area (Å²) in [6.45, 7) is 10.3. The van der Waals surface area contributed by atoms with Crippen LogP contribution in [0.1, 0.15) is 45.7 Å². The monoisotopic (exact) mass is 381 g/mol. The van der Waals surface area contributed by atoms with Crippen molar-refractivity contribution in [3.63, 3.8) is 0 Å². The molecule has 0 amide bonds. The van der Waals surface area contributed by atoms with E-state index in [9.17, 15) is 5.11 Å². The van der Waals surface area contributed by atoms with Crippen molar-refractivity contribution in [3.8, 4) is 0 Å². The highest BCUT2D eigenvalue weighted by Crippen LogP contribution is 2.16. The molecule has 1 aromatic heterocycles. The number of fused-ring (bicyclic) bond motifs is 1. The molecule has 0 aliphatic carbocycles. The molecule has 2 aromatic rings. The Morgan fingerprint density at radius 3 is 2.71 bits per heavy atom. The Balaban J connectivity index is 2.18. The molecule has 0 fully saturated rings. The molecule has 0 saturated carbocycles. The van der Waals surface area contributed by atoms with E-state index in [0.717, 1.165) is 35.0 Å². The molecule has 0 bridgehead atoms. The summed E-state index contributed by atoms with van der Waals surface area (Å²) >= 11 is 0. The minimum atomic E-state index is 0.0363. The van der Waals surface area contributed by atoms with Gasteiger partial charge in [-0.05, 0) is 44.2 Å². The van der Waals surface area contributed by atoms with Gasteiger partial charge in [-0.15, -0.1) is 0 Å². The predicted octanol–water partition coefficient (Wildman–Crippen LogP) is 4.73. The average molecular weight is 382 g/mol. The molecule has 0 aliphatic heterocycles. The number of hydrogen-bond donors (Lipinski definition) is 2. The highest BCUT2D eigenvalue weighted by atomic mass is 16.5. The Labute approximate surface area is 167 Å². The van der Waals surface area contributed by atoms with Crippen molar-refractivity contribution in [1.29, 1.82) is 0 Å². The molecule has 5 heteroatoms. The van der Waals surface area contributed by atoms with E-state index in [1.54, 1.807) is 0 Å². The third-order valence-corrected chi connectivity index (χ3v) is 4.29. The Morgan fingerprint density at radius 2 is 2.07 bits per heavy atom. The smallest absolute Gasteiger partial charge is 0.168 e. The van der Waals surface area contributed by atoms with Crippen molar-refractivity contribution >= 4 is 16.6 Å². The molecule has 1 aromatic carbocycles. The zero-order valence-corrected chi connectivity index (χ0v) is 17.1. The molecule has 0 saturated heterocycles. The van der Waals surface area contributed by atoms with E-state index in [1.165, 1.54) is 0 Å². The molecule has 0 unspecified atom stereocenters. The van der Waals surface area contributed by atoms with Crippen LogP contribution in [-0.4, -0.2) is 28.6 Å². The molecular formula is C23H31N3O2. The highest BCUT2D eigenvalue weighted by molar-refractivity contribution is 5.97. The van der Waals surface area contributed by atoms with E-state index < -0.39 is 0 Å². The number of aromatic nitrogens is 1. The lowest BCUT2D eigenvalue weighted by Crippen LogP contribution is -2.27. The number of ether oxygens (including phenoxy) is 1. The largest absolute Gasteiger partial charge is 0.484 e. The van der Waals surface area contributed by atoms with Crippen LogP contribution < -0.4 is 5.32 Å². The maximum absolute atomic E-state index is 9.33. The van der Waals surface area contributed by atoms with Crippen LogP contribution in [0.2, 0.25) is 0 Å². The Hall–Kier alpha value is -2.66. The summed E-state index contributed by atoms with van der Waals surface area (Å²) in [7, 11) is 0. The minimum absolute atomic E-state index is 0.0363. The molecule has 2 N–H and O–H groups in total. The third-order valence-electron chi connectivity index (χ3n) is 4.29. The van der Waals surface area contributed by atoms with Gasteiger partial charge in [0, 0.05) is 23.9 Å². The van der Waals surface area contributed by atoms with Crippen molar-refractivity contribution in [2.24, 2.45) is 4.99 Å². The first-order valence-corrected chi connectivity index (χ1v) is 9.81. The van der Waals surface area contributed by atoms with Gasteiger partial charge in [0.1, 0.15) is 6.61 Å². The van der Waals surface area contributed by atoms with Gasteiger partial charge in [0.05, 0.1) is 11.7 Å². The molecule has 0 radical (unpaired) electrons. The van der Waals surface area contributed by atoms with Crippen molar-refractivity contribution in [2.45, 2.75) is 52.7 Å². The van der Waals surface area contributed by atoms with Gasteiger partial charge in [0.15, 0.2) is 11.6 Å². The first-order valence-electron chi connectivity index (χ1n) is 9.81. The van der Waals surface area contributed by atoms with Crippen molar-refractivity contribution in [2.75, 3.05) is 6.61 Å². The number of benzene rings is 1. The number of rotatable bonds is 10. The van der Waals surface area contributed by atoms with E-state index in [2.05, 4.69) is 29.9 Å². The number of amidine groups is 1. The summed E-state index contributed by atoms with van der Waals surface area (Å²) in [6.07, 6.45) is 6.28. The normalized spacial score (nSPS) is 13.4. The third kappa shape index (κ3) is 6.50. The van der Waals surface area contributed by atoms with E-state index in [-0.39, 0.29) is 12.6 Å². The van der Waals surface area contributed by atoms with Crippen LogP contribution in [0.4, 0.5) is 0 Å². The number of allylic oxidation sites excluding steroid dienone is 2. The Kier molecular flexibility index (Phi) is 8.69. The minimum Gasteiger partial charge on any atom is -0.484 e. The zero-order valence-electron chi connectivity index (χ0n) is 17.1. The summed E-state index contributed by atoms with van der Waals surface area (Å²) in [6, 6.07) is 10.2. The molecular weight excluding hydrogens is 350 g/mol. The maximum atomic E-state index is 9.33. The topological polar surface area (TPSA) is 66.7 Å². The molecule has 28 heavy (non-hydrogen) atoms. The molecule has 1 heterocycles. The van der Waals surface area contributed by atoms with Gasteiger partial charge in [-0.1, -0.05) is 44.2 Å². The summed E-state index contributed by atoms with van der Waals surface area (Å²) in [4.78, 5) is 9.29. The van der Waals surface area contributed by atoms with Gasteiger partial charge in [-0.2, -0.15) is 0 Å². The molecule has 2 rings (SSSR count). The van der Waals surface area contributed by atoms with Crippen LogP contribution in [0.3, 0.4) is 0 Å². The lowest BCUT2D eigenvalue weighted by Gasteiger charge is -2.18. The maximum Gasteiger partial charge on any atom is 0.168 e. The highest BCUT2D eigenvalue weighted by Gasteiger charge is 2.13. The standard InChI is InChI=1S/C23H31N3O2/c1-5-9-20(12-13-27)26-23(25-17(3)4)22(6-2)28-16-21-14-18-10-7-8-11-19(18)15-24-21/h6-8,10-11,14-15,20,27H,3,5,9,12-13,16H2,1-2,4H3,(H,25,26)/b22-6+/t20-/m0/s1. The number of nitrogens with zero attached hydrogens (tertiary/aromatic N) is 2. The number of aliphatic hydroxyl groups is 1. The van der Waals surface area contributed by atoms with Crippen LogP contribution in [-0.2, 0) is 11.3 Å². The second kappa shape index (κ2) is 11.2. The number of aliphatic imine (C=N–C) groups is 1. The van der Waals surface area contributed by atoms with Crippen LogP contribution in [0.25, 0.3) is 10.8 Å². The van der Waals surface area contributed by atoms with Gasteiger partial charge in [-0.3, -0.25) is 9.98 Å². The fourth-order valence-corrected chi connectivity index (χ4v) is 2.95. The van der Waals surface area contributed by atoms with Gasteiger partial charge in [0.25, 0.3) is 0 Å². The molecule has 0 spiro atoms.